The van der Waals surface area contributed by atoms with Crippen LogP contribution in [0.3, 0.4) is 0 Å². The molecule has 5 rings (SSSR count). The molecule has 0 unspecified atom stereocenters. The lowest BCUT2D eigenvalue weighted by molar-refractivity contribution is -0.116. The Hall–Kier alpha value is -3.41. The van der Waals surface area contributed by atoms with Gasteiger partial charge in [0.1, 0.15) is 6.54 Å². The van der Waals surface area contributed by atoms with Gasteiger partial charge in [-0.3, -0.25) is 9.20 Å². The molecule has 1 aliphatic carbocycles. The highest BCUT2D eigenvalue weighted by atomic mass is 16.2. The zero-order valence-electron chi connectivity index (χ0n) is 14.0. The van der Waals surface area contributed by atoms with Gasteiger partial charge < -0.3 is 5.32 Å². The van der Waals surface area contributed by atoms with Crippen LogP contribution >= 0.6 is 0 Å². The molecule has 4 aromatic rings. The van der Waals surface area contributed by atoms with Crippen molar-refractivity contribution in [2.45, 2.75) is 19.4 Å². The van der Waals surface area contributed by atoms with Gasteiger partial charge in [0.05, 0.1) is 0 Å². The first-order chi connectivity index (χ1) is 12.7. The maximum atomic E-state index is 12.5. The zero-order valence-corrected chi connectivity index (χ0v) is 14.0. The summed E-state index contributed by atoms with van der Waals surface area (Å²) >= 11 is 0. The van der Waals surface area contributed by atoms with E-state index in [0.29, 0.717) is 5.65 Å². The Kier molecular flexibility index (Phi) is 3.18. The van der Waals surface area contributed by atoms with E-state index in [1.54, 1.807) is 24.4 Å². The van der Waals surface area contributed by atoms with E-state index in [4.69, 9.17) is 0 Å². The van der Waals surface area contributed by atoms with E-state index in [1.807, 2.05) is 18.2 Å². The van der Waals surface area contributed by atoms with Crippen LogP contribution in [0.4, 0.5) is 5.69 Å². The molecule has 1 aliphatic rings. The van der Waals surface area contributed by atoms with Crippen molar-refractivity contribution in [2.24, 2.45) is 0 Å². The lowest BCUT2D eigenvalue weighted by Gasteiger charge is -2.10. The summed E-state index contributed by atoms with van der Waals surface area (Å²) < 4.78 is 2.61. The summed E-state index contributed by atoms with van der Waals surface area (Å²) in [4.78, 5) is 24.8. The zero-order chi connectivity index (χ0) is 17.7. The maximum Gasteiger partial charge on any atom is 0.350 e. The molecule has 0 radical (unpaired) electrons. The van der Waals surface area contributed by atoms with Crippen LogP contribution in [0.1, 0.15) is 11.1 Å². The first-order valence-corrected chi connectivity index (χ1v) is 8.58. The van der Waals surface area contributed by atoms with Crippen LogP contribution in [-0.2, 0) is 24.2 Å². The van der Waals surface area contributed by atoms with Crippen LogP contribution in [0.5, 0.6) is 0 Å². The van der Waals surface area contributed by atoms with Crippen LogP contribution in [0.15, 0.2) is 59.5 Å². The molecule has 6 heteroatoms. The monoisotopic (exact) mass is 344 g/mol. The highest BCUT2D eigenvalue weighted by molar-refractivity contribution is 6.05. The topological polar surface area (TPSA) is 68.4 Å². The van der Waals surface area contributed by atoms with E-state index in [-0.39, 0.29) is 18.1 Å². The number of hydrogen-bond donors (Lipinski definition) is 1. The number of fused-ring (bicyclic) bond motifs is 1. The molecular weight excluding hydrogens is 328 g/mol. The minimum atomic E-state index is -0.323. The molecule has 0 atom stereocenters. The molecule has 0 spiro atoms. The van der Waals surface area contributed by atoms with E-state index in [9.17, 15) is 9.59 Å². The van der Waals surface area contributed by atoms with Crippen LogP contribution in [0.25, 0.3) is 16.4 Å². The maximum absolute atomic E-state index is 12.5. The van der Waals surface area contributed by atoms with Gasteiger partial charge in [0.2, 0.25) is 5.91 Å². The molecule has 1 N–H and O–H groups in total. The summed E-state index contributed by atoms with van der Waals surface area (Å²) in [6.45, 7) is -0.122. The van der Waals surface area contributed by atoms with Gasteiger partial charge in [-0.2, -0.15) is 0 Å². The smallest absolute Gasteiger partial charge is 0.324 e. The average molecular weight is 344 g/mol. The number of carbonyl (C=O) groups excluding carboxylic acids is 1. The fourth-order valence-corrected chi connectivity index (χ4v) is 3.75. The molecule has 0 saturated carbocycles. The molecule has 0 bridgehead atoms. The van der Waals surface area contributed by atoms with Crippen molar-refractivity contribution in [3.05, 3.63) is 76.3 Å². The van der Waals surface area contributed by atoms with Gasteiger partial charge in [-0.05, 0) is 47.6 Å². The van der Waals surface area contributed by atoms with Crippen molar-refractivity contribution in [1.82, 2.24) is 14.2 Å². The predicted molar refractivity (Wildman–Crippen MR) is 99.4 cm³/mol. The van der Waals surface area contributed by atoms with Crippen molar-refractivity contribution >= 4 is 28.0 Å². The molecule has 2 aromatic heterocycles. The Labute approximate surface area is 148 Å². The lowest BCUT2D eigenvalue weighted by atomic mass is 10.0. The number of rotatable bonds is 3. The van der Waals surface area contributed by atoms with Crippen LogP contribution in [0.2, 0.25) is 0 Å². The first-order valence-electron chi connectivity index (χ1n) is 8.58. The van der Waals surface area contributed by atoms with E-state index in [2.05, 4.69) is 22.5 Å². The number of benzene rings is 2. The molecule has 0 fully saturated rings. The van der Waals surface area contributed by atoms with Crippen molar-refractivity contribution < 1.29 is 4.79 Å². The minimum absolute atomic E-state index is 0.122. The number of nitrogens with zero attached hydrogens (tertiary/aromatic N) is 3. The van der Waals surface area contributed by atoms with E-state index in [1.165, 1.54) is 25.6 Å². The molecule has 26 heavy (non-hydrogen) atoms. The van der Waals surface area contributed by atoms with Crippen molar-refractivity contribution in [2.75, 3.05) is 5.32 Å². The van der Waals surface area contributed by atoms with Crippen molar-refractivity contribution in [3.63, 3.8) is 0 Å². The van der Waals surface area contributed by atoms with Gasteiger partial charge in [-0.25, -0.2) is 9.48 Å². The number of nitrogens with one attached hydrogen (secondary N) is 1. The van der Waals surface area contributed by atoms with Crippen LogP contribution < -0.4 is 11.0 Å². The molecular formula is C20H16N4O2. The molecule has 2 aromatic carbocycles. The summed E-state index contributed by atoms with van der Waals surface area (Å²) in [5.41, 5.74) is 3.62. The normalized spacial score (nSPS) is 12.8. The van der Waals surface area contributed by atoms with E-state index < -0.39 is 0 Å². The molecule has 2 heterocycles. The summed E-state index contributed by atoms with van der Waals surface area (Å²) in [6, 6.07) is 15.5. The Morgan fingerprint density at radius 1 is 1.04 bits per heavy atom. The van der Waals surface area contributed by atoms with Gasteiger partial charge in [0.15, 0.2) is 5.65 Å². The quantitative estimate of drug-likeness (QED) is 0.620. The van der Waals surface area contributed by atoms with Gasteiger partial charge in [0.25, 0.3) is 0 Å². The van der Waals surface area contributed by atoms with E-state index in [0.717, 1.165) is 23.9 Å². The molecule has 0 aliphatic heterocycles. The van der Waals surface area contributed by atoms with Crippen molar-refractivity contribution in [3.8, 4) is 0 Å². The number of carbonyl (C=O) groups is 1. The van der Waals surface area contributed by atoms with Gasteiger partial charge in [-0.15, -0.1) is 5.10 Å². The van der Waals surface area contributed by atoms with E-state index >= 15 is 0 Å². The van der Waals surface area contributed by atoms with Gasteiger partial charge >= 0.3 is 5.69 Å². The Morgan fingerprint density at radius 2 is 1.88 bits per heavy atom. The Balaban J connectivity index is 1.47. The number of aromatic nitrogens is 3. The second-order valence-electron chi connectivity index (χ2n) is 6.53. The number of amides is 1. The van der Waals surface area contributed by atoms with Crippen molar-refractivity contribution in [1.29, 1.82) is 0 Å². The third kappa shape index (κ3) is 2.23. The summed E-state index contributed by atoms with van der Waals surface area (Å²) in [5, 5.41) is 9.43. The molecule has 128 valence electrons. The SMILES string of the molecule is O=C(Cn1nc2ccccn2c1=O)Nc1ccc2c3c(cccc13)CC2. The molecule has 6 nitrogen and oxygen atoms in total. The summed E-state index contributed by atoms with van der Waals surface area (Å²) in [7, 11) is 0. The third-order valence-corrected chi connectivity index (χ3v) is 4.93. The lowest BCUT2D eigenvalue weighted by Crippen LogP contribution is -2.28. The fourth-order valence-electron chi connectivity index (χ4n) is 3.75. The predicted octanol–water partition coefficient (Wildman–Crippen LogP) is 2.39. The summed E-state index contributed by atoms with van der Waals surface area (Å²) in [5.74, 6) is -0.269. The second-order valence-corrected chi connectivity index (χ2v) is 6.53. The molecule has 0 saturated heterocycles. The minimum Gasteiger partial charge on any atom is -0.324 e. The molecule has 1 amide bonds. The highest BCUT2D eigenvalue weighted by Gasteiger charge is 2.17. The largest absolute Gasteiger partial charge is 0.350 e. The Bertz CT molecular complexity index is 1230. The second kappa shape index (κ2) is 5.56. The van der Waals surface area contributed by atoms with Crippen LogP contribution in [-0.4, -0.2) is 20.1 Å². The number of aryl methyl sites for hydroxylation is 2. The number of pyridine rings is 1. The average Bonchev–Trinajstić information content (AvgIpc) is 3.21. The van der Waals surface area contributed by atoms with Gasteiger partial charge in [0, 0.05) is 17.3 Å². The van der Waals surface area contributed by atoms with Gasteiger partial charge in [-0.1, -0.05) is 30.3 Å². The Morgan fingerprint density at radius 3 is 2.73 bits per heavy atom. The standard InChI is InChI=1S/C20H16N4O2/c25-18(12-24-20(26)23-11-2-1-6-17(23)22-24)21-16-10-9-14-8-7-13-4-3-5-15(16)19(13)14/h1-6,9-11H,7-8,12H2,(H,21,25). The number of anilines is 1. The first kappa shape index (κ1) is 14.9. The fraction of sp³-hybridized carbons (Fsp3) is 0.150. The highest BCUT2D eigenvalue weighted by Crippen LogP contribution is 2.34. The van der Waals surface area contributed by atoms with Crippen LogP contribution in [0, 0.1) is 0 Å². The summed E-state index contributed by atoms with van der Waals surface area (Å²) in [6.07, 6.45) is 3.73. The number of hydrogen-bond acceptors (Lipinski definition) is 3. The third-order valence-electron chi connectivity index (χ3n) is 4.93.